The van der Waals surface area contributed by atoms with E-state index in [0.717, 1.165) is 16.8 Å². The zero-order chi connectivity index (χ0) is 17.6. The minimum Gasteiger partial charge on any atom is -0.395 e. The van der Waals surface area contributed by atoms with Crippen LogP contribution in [0.15, 0.2) is 41.3 Å². The van der Waals surface area contributed by atoms with Crippen molar-refractivity contribution in [1.82, 2.24) is 24.4 Å². The fourth-order valence-electron chi connectivity index (χ4n) is 2.93. The minimum absolute atomic E-state index is 0.122. The SMILES string of the molecule is Cc1nn2c(nnc3c(=O)n(CCO)ccc32)c1-c1ccc(Cl)cc1. The van der Waals surface area contributed by atoms with E-state index in [-0.39, 0.29) is 24.2 Å². The van der Waals surface area contributed by atoms with Gasteiger partial charge in [0, 0.05) is 17.8 Å². The summed E-state index contributed by atoms with van der Waals surface area (Å²) in [6, 6.07) is 9.17. The van der Waals surface area contributed by atoms with E-state index < -0.39 is 0 Å². The first kappa shape index (κ1) is 15.7. The summed E-state index contributed by atoms with van der Waals surface area (Å²) < 4.78 is 3.03. The fourth-order valence-corrected chi connectivity index (χ4v) is 3.05. The van der Waals surface area contributed by atoms with Crippen molar-refractivity contribution in [1.29, 1.82) is 0 Å². The number of aliphatic hydroxyl groups excluding tert-OH is 1. The van der Waals surface area contributed by atoms with Crippen molar-refractivity contribution >= 4 is 28.3 Å². The van der Waals surface area contributed by atoms with E-state index in [4.69, 9.17) is 16.7 Å². The third-order valence-electron chi connectivity index (χ3n) is 4.10. The Morgan fingerprint density at radius 2 is 1.92 bits per heavy atom. The second-order valence-corrected chi connectivity index (χ2v) is 6.11. The Balaban J connectivity index is 2.01. The van der Waals surface area contributed by atoms with Crippen LogP contribution in [0.2, 0.25) is 5.02 Å². The average molecular weight is 356 g/mol. The Bertz CT molecular complexity index is 1150. The number of aryl methyl sites for hydroxylation is 1. The van der Waals surface area contributed by atoms with E-state index in [1.807, 2.05) is 31.2 Å². The third-order valence-corrected chi connectivity index (χ3v) is 4.35. The van der Waals surface area contributed by atoms with E-state index in [2.05, 4.69) is 15.3 Å². The molecule has 3 heterocycles. The van der Waals surface area contributed by atoms with E-state index in [1.165, 1.54) is 4.57 Å². The van der Waals surface area contributed by atoms with Crippen LogP contribution in [0.1, 0.15) is 5.69 Å². The molecule has 0 aliphatic heterocycles. The average Bonchev–Trinajstić information content (AvgIpc) is 2.94. The van der Waals surface area contributed by atoms with Crippen LogP contribution in [0, 0.1) is 6.92 Å². The van der Waals surface area contributed by atoms with Gasteiger partial charge < -0.3 is 9.67 Å². The maximum atomic E-state index is 12.5. The molecule has 0 spiro atoms. The molecule has 0 aliphatic carbocycles. The van der Waals surface area contributed by atoms with Gasteiger partial charge in [-0.3, -0.25) is 4.79 Å². The number of halogens is 1. The second-order valence-electron chi connectivity index (χ2n) is 5.67. The molecule has 0 bridgehead atoms. The van der Waals surface area contributed by atoms with Crippen LogP contribution >= 0.6 is 11.6 Å². The van der Waals surface area contributed by atoms with Gasteiger partial charge >= 0.3 is 0 Å². The molecule has 8 heteroatoms. The van der Waals surface area contributed by atoms with Gasteiger partial charge in [-0.05, 0) is 30.7 Å². The van der Waals surface area contributed by atoms with Gasteiger partial charge in [-0.15, -0.1) is 10.2 Å². The van der Waals surface area contributed by atoms with Crippen molar-refractivity contribution in [3.05, 3.63) is 57.6 Å². The summed E-state index contributed by atoms with van der Waals surface area (Å²) in [5, 5.41) is 22.6. The molecule has 0 fully saturated rings. The van der Waals surface area contributed by atoms with E-state index in [0.29, 0.717) is 16.2 Å². The molecule has 0 saturated heterocycles. The highest BCUT2D eigenvalue weighted by atomic mass is 35.5. The number of aromatic nitrogens is 5. The van der Waals surface area contributed by atoms with Gasteiger partial charge in [-0.25, -0.2) is 4.52 Å². The summed E-state index contributed by atoms with van der Waals surface area (Å²) in [4.78, 5) is 12.5. The van der Waals surface area contributed by atoms with Crippen LogP contribution < -0.4 is 5.56 Å². The number of rotatable bonds is 3. The zero-order valence-electron chi connectivity index (χ0n) is 13.3. The maximum absolute atomic E-state index is 12.5. The summed E-state index contributed by atoms with van der Waals surface area (Å²) in [5.41, 5.74) is 3.63. The Labute approximate surface area is 147 Å². The molecule has 0 saturated carbocycles. The number of hydrogen-bond donors (Lipinski definition) is 1. The lowest BCUT2D eigenvalue weighted by Crippen LogP contribution is -2.23. The van der Waals surface area contributed by atoms with Crippen molar-refractivity contribution in [2.24, 2.45) is 0 Å². The smallest absolute Gasteiger partial charge is 0.280 e. The lowest BCUT2D eigenvalue weighted by Gasteiger charge is -2.05. The molecular weight excluding hydrogens is 342 g/mol. The van der Waals surface area contributed by atoms with Crippen LogP contribution in [-0.4, -0.2) is 36.1 Å². The predicted octanol–water partition coefficient (Wildman–Crippen LogP) is 2.06. The predicted molar refractivity (Wildman–Crippen MR) is 94.8 cm³/mol. The van der Waals surface area contributed by atoms with Crippen molar-refractivity contribution in [3.8, 4) is 11.1 Å². The van der Waals surface area contributed by atoms with Crippen LogP contribution in [0.4, 0.5) is 0 Å². The Morgan fingerprint density at radius 1 is 1.16 bits per heavy atom. The number of nitrogens with zero attached hydrogens (tertiary/aromatic N) is 5. The van der Waals surface area contributed by atoms with Gasteiger partial charge in [0.1, 0.15) is 5.52 Å². The summed E-state index contributed by atoms with van der Waals surface area (Å²) in [6.45, 7) is 1.97. The van der Waals surface area contributed by atoms with E-state index in [9.17, 15) is 4.79 Å². The monoisotopic (exact) mass is 355 g/mol. The Hall–Kier alpha value is -2.77. The lowest BCUT2D eigenvalue weighted by molar-refractivity contribution is 0.274. The number of aliphatic hydroxyl groups is 1. The summed E-state index contributed by atoms with van der Waals surface area (Å²) in [5.74, 6) is 0. The van der Waals surface area contributed by atoms with Crippen LogP contribution in [0.5, 0.6) is 0 Å². The topological polar surface area (TPSA) is 85.3 Å². The molecule has 0 radical (unpaired) electrons. The van der Waals surface area contributed by atoms with Crippen molar-refractivity contribution < 1.29 is 5.11 Å². The highest BCUT2D eigenvalue weighted by Gasteiger charge is 2.17. The van der Waals surface area contributed by atoms with Crippen LogP contribution in [0.3, 0.4) is 0 Å². The van der Waals surface area contributed by atoms with Gasteiger partial charge in [0.15, 0.2) is 11.2 Å². The molecule has 0 atom stereocenters. The molecular formula is C17H14ClN5O2. The molecule has 126 valence electrons. The molecule has 0 aliphatic rings. The zero-order valence-corrected chi connectivity index (χ0v) is 14.1. The molecule has 1 N–H and O–H groups in total. The Morgan fingerprint density at radius 3 is 2.64 bits per heavy atom. The second kappa shape index (κ2) is 5.94. The molecule has 3 aromatic heterocycles. The highest BCUT2D eigenvalue weighted by Crippen LogP contribution is 2.28. The number of hydrogen-bond acceptors (Lipinski definition) is 5. The van der Waals surface area contributed by atoms with Crippen molar-refractivity contribution in [2.45, 2.75) is 13.5 Å². The quantitative estimate of drug-likeness (QED) is 0.608. The van der Waals surface area contributed by atoms with Crippen LogP contribution in [0.25, 0.3) is 27.8 Å². The molecule has 4 rings (SSSR count). The van der Waals surface area contributed by atoms with Gasteiger partial charge in [0.25, 0.3) is 5.56 Å². The number of pyridine rings is 1. The number of fused-ring (bicyclic) bond motifs is 3. The molecule has 0 unspecified atom stereocenters. The van der Waals surface area contributed by atoms with Gasteiger partial charge in [-0.2, -0.15) is 5.10 Å². The normalized spacial score (nSPS) is 11.5. The molecule has 25 heavy (non-hydrogen) atoms. The van der Waals surface area contributed by atoms with E-state index >= 15 is 0 Å². The lowest BCUT2D eigenvalue weighted by atomic mass is 10.1. The molecule has 7 nitrogen and oxygen atoms in total. The highest BCUT2D eigenvalue weighted by molar-refractivity contribution is 6.30. The van der Waals surface area contributed by atoms with Gasteiger partial charge in [-0.1, -0.05) is 23.7 Å². The summed E-state index contributed by atoms with van der Waals surface area (Å²) in [7, 11) is 0. The first-order valence-electron chi connectivity index (χ1n) is 7.72. The third kappa shape index (κ3) is 2.48. The van der Waals surface area contributed by atoms with Gasteiger partial charge in [0.2, 0.25) is 0 Å². The Kier molecular flexibility index (Phi) is 3.74. The summed E-state index contributed by atoms with van der Waals surface area (Å²) in [6.07, 6.45) is 1.63. The van der Waals surface area contributed by atoms with E-state index in [1.54, 1.807) is 16.8 Å². The van der Waals surface area contributed by atoms with Gasteiger partial charge in [0.05, 0.1) is 17.9 Å². The molecule has 4 aromatic rings. The standard InChI is InChI=1S/C17H14ClN5O2/c1-10-14(11-2-4-12(18)5-3-11)16-20-19-15-13(23(16)21-10)6-7-22(8-9-24)17(15)25/h2-7,24H,8-9H2,1H3. The molecule has 0 amide bonds. The first-order valence-corrected chi connectivity index (χ1v) is 8.10. The maximum Gasteiger partial charge on any atom is 0.280 e. The molecule has 1 aromatic carbocycles. The van der Waals surface area contributed by atoms with Crippen molar-refractivity contribution in [2.75, 3.05) is 6.61 Å². The van der Waals surface area contributed by atoms with Crippen molar-refractivity contribution in [3.63, 3.8) is 0 Å². The minimum atomic E-state index is -0.304. The number of benzene rings is 1. The fraction of sp³-hybridized carbons (Fsp3) is 0.176. The summed E-state index contributed by atoms with van der Waals surface area (Å²) >= 11 is 5.96. The van der Waals surface area contributed by atoms with Crippen LogP contribution in [-0.2, 0) is 6.54 Å². The largest absolute Gasteiger partial charge is 0.395 e. The first-order chi connectivity index (χ1) is 12.1.